The van der Waals surface area contributed by atoms with E-state index in [1.54, 1.807) is 24.3 Å². The number of ketones is 1. The summed E-state index contributed by atoms with van der Waals surface area (Å²) in [5.74, 6) is -1.69. The minimum Gasteiger partial charge on any atom is -0.455 e. The minimum atomic E-state index is -0.619. The van der Waals surface area contributed by atoms with Crippen molar-refractivity contribution in [1.82, 2.24) is 0 Å². The number of hydrogen-bond acceptors (Lipinski definition) is 4. The van der Waals surface area contributed by atoms with E-state index in [9.17, 15) is 14.4 Å². The van der Waals surface area contributed by atoms with Crippen LogP contribution < -0.4 is 5.32 Å². The van der Waals surface area contributed by atoms with Crippen molar-refractivity contribution in [2.45, 2.75) is 12.8 Å². The minimum absolute atomic E-state index is 0.0962. The Morgan fingerprint density at radius 1 is 0.828 bits per heavy atom. The molecule has 1 amide bonds. The normalized spacial score (nSPS) is 10.4. The summed E-state index contributed by atoms with van der Waals surface area (Å²) in [4.78, 5) is 36.5. The molecule has 0 saturated heterocycles. The maximum atomic E-state index is 12.8. The molecule has 0 aliphatic heterocycles. The Kier molecular flexibility index (Phi) is 6.53. The Morgan fingerprint density at radius 2 is 1.41 bits per heavy atom. The van der Waals surface area contributed by atoms with E-state index in [-0.39, 0.29) is 5.78 Å². The molecule has 3 aromatic carbocycles. The first-order valence-electron chi connectivity index (χ1n) is 9.22. The third kappa shape index (κ3) is 5.39. The number of anilines is 1. The molecule has 0 heterocycles. The van der Waals surface area contributed by atoms with Crippen LogP contribution in [0.4, 0.5) is 5.69 Å². The van der Waals surface area contributed by atoms with Gasteiger partial charge in [0.2, 0.25) is 0 Å². The Morgan fingerprint density at radius 3 is 1.97 bits per heavy atom. The van der Waals surface area contributed by atoms with E-state index in [0.717, 1.165) is 11.1 Å². The molecular formula is C24H21NO4. The molecule has 0 aliphatic carbocycles. The molecule has 146 valence electrons. The Labute approximate surface area is 169 Å². The van der Waals surface area contributed by atoms with E-state index < -0.39 is 24.4 Å². The van der Waals surface area contributed by atoms with Crippen molar-refractivity contribution in [3.05, 3.63) is 102 Å². The van der Waals surface area contributed by atoms with Crippen LogP contribution in [0.15, 0.2) is 84.9 Å². The van der Waals surface area contributed by atoms with E-state index in [4.69, 9.17) is 4.74 Å². The smallest absolute Gasteiger partial charge is 0.318 e. The predicted molar refractivity (Wildman–Crippen MR) is 111 cm³/mol. The second-order valence-electron chi connectivity index (χ2n) is 6.55. The molecule has 0 saturated carbocycles. The fourth-order valence-electron chi connectivity index (χ4n) is 2.99. The first kappa shape index (κ1) is 20.0. The zero-order valence-corrected chi connectivity index (χ0v) is 16.0. The van der Waals surface area contributed by atoms with Gasteiger partial charge in [-0.2, -0.15) is 0 Å². The first-order chi connectivity index (χ1) is 14.0. The van der Waals surface area contributed by atoms with Crippen LogP contribution >= 0.6 is 0 Å². The molecule has 1 N–H and O–H groups in total. The SMILES string of the molecule is CC(=O)c1cccc(NC(=O)COC(=O)C(c2ccccc2)c2ccccc2)c1. The maximum Gasteiger partial charge on any atom is 0.318 e. The third-order valence-electron chi connectivity index (χ3n) is 4.40. The monoisotopic (exact) mass is 387 g/mol. The summed E-state index contributed by atoms with van der Waals surface area (Å²) in [5, 5.41) is 2.64. The average Bonchev–Trinajstić information content (AvgIpc) is 2.74. The fourth-order valence-corrected chi connectivity index (χ4v) is 2.99. The highest BCUT2D eigenvalue weighted by molar-refractivity contribution is 5.97. The van der Waals surface area contributed by atoms with Gasteiger partial charge in [-0.1, -0.05) is 72.8 Å². The van der Waals surface area contributed by atoms with Crippen LogP contribution in [0.25, 0.3) is 0 Å². The lowest BCUT2D eigenvalue weighted by Crippen LogP contribution is -2.24. The quantitative estimate of drug-likeness (QED) is 0.487. The third-order valence-corrected chi connectivity index (χ3v) is 4.40. The second kappa shape index (κ2) is 9.46. The molecule has 0 radical (unpaired) electrons. The van der Waals surface area contributed by atoms with Crippen molar-refractivity contribution < 1.29 is 19.1 Å². The van der Waals surface area contributed by atoms with E-state index >= 15 is 0 Å². The molecule has 3 rings (SSSR count). The zero-order valence-electron chi connectivity index (χ0n) is 16.0. The fraction of sp³-hybridized carbons (Fsp3) is 0.125. The maximum absolute atomic E-state index is 12.8. The van der Waals surface area contributed by atoms with Crippen LogP contribution in [0, 0.1) is 0 Å². The van der Waals surface area contributed by atoms with Crippen LogP contribution in [-0.4, -0.2) is 24.3 Å². The number of benzene rings is 3. The van der Waals surface area contributed by atoms with E-state index in [2.05, 4.69) is 5.32 Å². The highest BCUT2D eigenvalue weighted by atomic mass is 16.5. The Bertz CT molecular complexity index is 960. The topological polar surface area (TPSA) is 72.5 Å². The van der Waals surface area contributed by atoms with Gasteiger partial charge in [-0.25, -0.2) is 0 Å². The van der Waals surface area contributed by atoms with Crippen LogP contribution in [0.2, 0.25) is 0 Å². The molecule has 0 unspecified atom stereocenters. The molecule has 0 bridgehead atoms. The second-order valence-corrected chi connectivity index (χ2v) is 6.55. The molecule has 5 nitrogen and oxygen atoms in total. The summed E-state index contributed by atoms with van der Waals surface area (Å²) in [7, 11) is 0. The molecule has 0 aliphatic rings. The molecule has 29 heavy (non-hydrogen) atoms. The van der Waals surface area contributed by atoms with E-state index in [1.807, 2.05) is 60.7 Å². The Hall–Kier alpha value is -3.73. The van der Waals surface area contributed by atoms with Crippen LogP contribution in [-0.2, 0) is 14.3 Å². The number of Topliss-reactive ketones (excluding diaryl/α,β-unsaturated/α-hetero) is 1. The first-order valence-corrected chi connectivity index (χ1v) is 9.22. The number of amides is 1. The van der Waals surface area contributed by atoms with Gasteiger partial charge in [0.05, 0.1) is 0 Å². The van der Waals surface area contributed by atoms with Gasteiger partial charge in [0, 0.05) is 11.3 Å². The number of nitrogens with one attached hydrogen (secondary N) is 1. The van der Waals surface area contributed by atoms with Crippen molar-refractivity contribution in [1.29, 1.82) is 0 Å². The van der Waals surface area contributed by atoms with Crippen LogP contribution in [0.1, 0.15) is 34.3 Å². The highest BCUT2D eigenvalue weighted by Crippen LogP contribution is 2.26. The predicted octanol–water partition coefficient (Wildman–Crippen LogP) is 4.20. The summed E-state index contributed by atoms with van der Waals surface area (Å²) >= 11 is 0. The van der Waals surface area contributed by atoms with Gasteiger partial charge < -0.3 is 10.1 Å². The average molecular weight is 387 g/mol. The standard InChI is InChI=1S/C24H21NO4/c1-17(26)20-13-8-14-21(15-20)25-22(27)16-29-24(28)23(18-9-4-2-5-10-18)19-11-6-3-7-12-19/h2-15,23H,16H2,1H3,(H,25,27). The van der Waals surface area contributed by atoms with Crippen LogP contribution in [0.3, 0.4) is 0 Å². The van der Waals surface area contributed by atoms with Gasteiger partial charge in [-0.05, 0) is 30.2 Å². The molecule has 3 aromatic rings. The molecule has 0 aromatic heterocycles. The van der Waals surface area contributed by atoms with Gasteiger partial charge in [0.1, 0.15) is 5.92 Å². The summed E-state index contributed by atoms with van der Waals surface area (Å²) < 4.78 is 5.31. The van der Waals surface area contributed by atoms with Gasteiger partial charge in [0.25, 0.3) is 5.91 Å². The number of carbonyl (C=O) groups excluding carboxylic acids is 3. The molecule has 5 heteroatoms. The van der Waals surface area contributed by atoms with Gasteiger partial charge in [-0.3, -0.25) is 14.4 Å². The molecular weight excluding hydrogens is 366 g/mol. The van der Waals surface area contributed by atoms with Crippen molar-refractivity contribution >= 4 is 23.3 Å². The van der Waals surface area contributed by atoms with Crippen molar-refractivity contribution in [2.75, 3.05) is 11.9 Å². The van der Waals surface area contributed by atoms with Crippen LogP contribution in [0.5, 0.6) is 0 Å². The number of esters is 1. The number of ether oxygens (including phenoxy) is 1. The molecule has 0 fully saturated rings. The number of rotatable bonds is 7. The van der Waals surface area contributed by atoms with Crippen molar-refractivity contribution in [3.8, 4) is 0 Å². The zero-order chi connectivity index (χ0) is 20.6. The molecule has 0 atom stereocenters. The summed E-state index contributed by atoms with van der Waals surface area (Å²) in [6.45, 7) is 1.04. The van der Waals surface area contributed by atoms with E-state index in [1.165, 1.54) is 6.92 Å². The van der Waals surface area contributed by atoms with Gasteiger partial charge in [-0.15, -0.1) is 0 Å². The van der Waals surface area contributed by atoms with Crippen molar-refractivity contribution in [3.63, 3.8) is 0 Å². The lowest BCUT2D eigenvalue weighted by Gasteiger charge is -2.17. The summed E-state index contributed by atoms with van der Waals surface area (Å²) in [5.41, 5.74) is 2.55. The lowest BCUT2D eigenvalue weighted by atomic mass is 9.91. The lowest BCUT2D eigenvalue weighted by molar-refractivity contribution is -0.147. The largest absolute Gasteiger partial charge is 0.455 e. The number of carbonyl (C=O) groups is 3. The Balaban J connectivity index is 1.68. The van der Waals surface area contributed by atoms with Gasteiger partial charge >= 0.3 is 5.97 Å². The van der Waals surface area contributed by atoms with Gasteiger partial charge in [0.15, 0.2) is 12.4 Å². The summed E-state index contributed by atoms with van der Waals surface area (Å²) in [6, 6.07) is 25.2. The number of hydrogen-bond donors (Lipinski definition) is 1. The van der Waals surface area contributed by atoms with Crippen molar-refractivity contribution in [2.24, 2.45) is 0 Å². The summed E-state index contributed by atoms with van der Waals surface area (Å²) in [6.07, 6.45) is 0. The highest BCUT2D eigenvalue weighted by Gasteiger charge is 2.24. The molecule has 0 spiro atoms. The van der Waals surface area contributed by atoms with E-state index in [0.29, 0.717) is 11.3 Å².